The minimum Gasteiger partial charge on any atom is -0.496 e. The van der Waals surface area contributed by atoms with Crippen molar-refractivity contribution in [2.24, 2.45) is 10.8 Å². The number of methoxy groups -OCH3 is 1. The first-order valence-electron chi connectivity index (χ1n) is 13.8. The van der Waals surface area contributed by atoms with Gasteiger partial charge in [0, 0.05) is 61.7 Å². The van der Waals surface area contributed by atoms with Crippen LogP contribution in [-0.2, 0) is 16.0 Å². The summed E-state index contributed by atoms with van der Waals surface area (Å²) in [5.41, 5.74) is 2.45. The van der Waals surface area contributed by atoms with Crippen LogP contribution in [0.3, 0.4) is 0 Å². The van der Waals surface area contributed by atoms with E-state index in [-0.39, 0.29) is 29.3 Å². The first kappa shape index (κ1) is 28.1. The molecule has 0 radical (unpaired) electrons. The largest absolute Gasteiger partial charge is 0.496 e. The molecule has 2 heterocycles. The minimum atomic E-state index is -0.546. The van der Waals surface area contributed by atoms with Crippen LogP contribution in [0.1, 0.15) is 63.4 Å². The van der Waals surface area contributed by atoms with Crippen LogP contribution in [0.25, 0.3) is 0 Å². The van der Waals surface area contributed by atoms with Gasteiger partial charge in [0.25, 0.3) is 0 Å². The molecule has 2 fully saturated rings. The SMILES string of the molecule is COc1ccccc1C1CN(C(=O)C(C)(C)Cc2cccc(C3CN(C(=O)C(C)(C)C)CCN3)c2)CCN1. The number of ether oxygens (including phenoxy) is 1. The Kier molecular flexibility index (Phi) is 8.48. The second-order valence-electron chi connectivity index (χ2n) is 12.3. The molecule has 2 amide bonds. The standard InChI is InChI=1S/C31H44N4O3/c1-30(2,3)28(36)34-16-14-32-25(20-34)23-11-9-10-22(18-23)19-31(4,5)29(37)35-17-15-33-26(21-35)24-12-7-8-13-27(24)38-6/h7-13,18,25-26,32-33H,14-17,19-21H2,1-6H3. The molecule has 0 bridgehead atoms. The number of carbonyl (C=O) groups is 2. The molecule has 2 aromatic carbocycles. The Hall–Kier alpha value is -2.90. The lowest BCUT2D eigenvalue weighted by Gasteiger charge is -2.39. The number of benzene rings is 2. The van der Waals surface area contributed by atoms with Crippen LogP contribution in [0.2, 0.25) is 0 Å². The Bertz CT molecular complexity index is 1140. The lowest BCUT2D eigenvalue weighted by molar-refractivity contribution is -0.142. The van der Waals surface area contributed by atoms with Crippen molar-refractivity contribution in [3.63, 3.8) is 0 Å². The second-order valence-corrected chi connectivity index (χ2v) is 12.3. The zero-order valence-electron chi connectivity index (χ0n) is 23.8. The third kappa shape index (κ3) is 6.38. The lowest BCUT2D eigenvalue weighted by Crippen LogP contribution is -2.52. The molecule has 2 atom stereocenters. The smallest absolute Gasteiger partial charge is 0.228 e. The monoisotopic (exact) mass is 520 g/mol. The molecule has 2 unspecified atom stereocenters. The fourth-order valence-corrected chi connectivity index (χ4v) is 5.66. The number of amides is 2. The Balaban J connectivity index is 1.44. The first-order valence-corrected chi connectivity index (χ1v) is 13.8. The molecule has 2 aromatic rings. The molecule has 0 saturated carbocycles. The van der Waals surface area contributed by atoms with E-state index in [2.05, 4.69) is 41.0 Å². The number of carbonyl (C=O) groups excluding carboxylic acids is 2. The van der Waals surface area contributed by atoms with Gasteiger partial charge in [-0.25, -0.2) is 0 Å². The molecular weight excluding hydrogens is 476 g/mol. The number of para-hydroxylation sites is 1. The van der Waals surface area contributed by atoms with E-state index in [1.54, 1.807) is 7.11 Å². The predicted molar refractivity (Wildman–Crippen MR) is 151 cm³/mol. The zero-order chi connectivity index (χ0) is 27.5. The maximum atomic E-state index is 13.8. The summed E-state index contributed by atoms with van der Waals surface area (Å²) in [6.45, 7) is 14.2. The summed E-state index contributed by atoms with van der Waals surface area (Å²) in [6.07, 6.45) is 0.653. The van der Waals surface area contributed by atoms with Crippen molar-refractivity contribution >= 4 is 11.8 Å². The summed E-state index contributed by atoms with van der Waals surface area (Å²) in [4.78, 5) is 30.6. The highest BCUT2D eigenvalue weighted by Crippen LogP contribution is 2.31. The fraction of sp³-hybridized carbons (Fsp3) is 0.548. The molecule has 38 heavy (non-hydrogen) atoms. The number of nitrogens with one attached hydrogen (secondary N) is 2. The van der Waals surface area contributed by atoms with Gasteiger partial charge < -0.3 is 25.2 Å². The molecule has 4 rings (SSSR count). The highest BCUT2D eigenvalue weighted by molar-refractivity contribution is 5.83. The van der Waals surface area contributed by atoms with Crippen molar-refractivity contribution in [1.29, 1.82) is 0 Å². The average molecular weight is 521 g/mol. The van der Waals surface area contributed by atoms with Gasteiger partial charge in [-0.05, 0) is 23.6 Å². The third-order valence-corrected chi connectivity index (χ3v) is 7.66. The van der Waals surface area contributed by atoms with E-state index < -0.39 is 5.41 Å². The van der Waals surface area contributed by atoms with Gasteiger partial charge in [-0.15, -0.1) is 0 Å². The summed E-state index contributed by atoms with van der Waals surface area (Å²) < 4.78 is 5.57. The molecule has 0 spiro atoms. The van der Waals surface area contributed by atoms with E-state index in [1.165, 1.54) is 0 Å². The van der Waals surface area contributed by atoms with Crippen molar-refractivity contribution < 1.29 is 14.3 Å². The molecule has 7 heteroatoms. The Labute approximate surface area is 227 Å². The summed E-state index contributed by atoms with van der Waals surface area (Å²) in [5, 5.41) is 7.13. The molecule has 0 aliphatic carbocycles. The lowest BCUT2D eigenvalue weighted by atomic mass is 9.83. The maximum absolute atomic E-state index is 13.8. The van der Waals surface area contributed by atoms with Gasteiger partial charge in [-0.1, -0.05) is 77.1 Å². The molecule has 2 saturated heterocycles. The molecule has 7 nitrogen and oxygen atoms in total. The quantitative estimate of drug-likeness (QED) is 0.603. The summed E-state index contributed by atoms with van der Waals surface area (Å²) >= 11 is 0. The van der Waals surface area contributed by atoms with Crippen molar-refractivity contribution in [1.82, 2.24) is 20.4 Å². The van der Waals surface area contributed by atoms with Crippen LogP contribution in [-0.4, -0.2) is 68.0 Å². The van der Waals surface area contributed by atoms with Gasteiger partial charge in [0.1, 0.15) is 5.75 Å². The van der Waals surface area contributed by atoms with Gasteiger partial charge in [-0.2, -0.15) is 0 Å². The molecule has 0 aromatic heterocycles. The summed E-state index contributed by atoms with van der Waals surface area (Å²) in [5.74, 6) is 1.20. The Morgan fingerprint density at radius 1 is 0.868 bits per heavy atom. The van der Waals surface area contributed by atoms with Gasteiger partial charge in [0.15, 0.2) is 0 Å². The molecule has 2 N–H and O–H groups in total. The number of nitrogens with zero attached hydrogens (tertiary/aromatic N) is 2. The third-order valence-electron chi connectivity index (χ3n) is 7.66. The van der Waals surface area contributed by atoms with E-state index >= 15 is 0 Å². The van der Waals surface area contributed by atoms with E-state index in [0.29, 0.717) is 26.1 Å². The van der Waals surface area contributed by atoms with Gasteiger partial charge in [-0.3, -0.25) is 9.59 Å². The van der Waals surface area contributed by atoms with Gasteiger partial charge >= 0.3 is 0 Å². The molecule has 2 aliphatic heterocycles. The minimum absolute atomic E-state index is 0.0408. The van der Waals surface area contributed by atoms with E-state index in [9.17, 15) is 9.59 Å². The van der Waals surface area contributed by atoms with Crippen molar-refractivity contribution in [3.05, 3.63) is 65.2 Å². The maximum Gasteiger partial charge on any atom is 0.228 e. The molecule has 2 aliphatic rings. The van der Waals surface area contributed by atoms with Crippen LogP contribution in [0.4, 0.5) is 0 Å². The number of piperazine rings is 2. The van der Waals surface area contributed by atoms with Crippen molar-refractivity contribution in [3.8, 4) is 5.75 Å². The average Bonchev–Trinajstić information content (AvgIpc) is 2.91. The van der Waals surface area contributed by atoms with E-state index in [0.717, 1.165) is 42.1 Å². The number of rotatable bonds is 6. The van der Waals surface area contributed by atoms with E-state index in [1.807, 2.05) is 62.6 Å². The first-order chi connectivity index (χ1) is 18.0. The van der Waals surface area contributed by atoms with Crippen LogP contribution < -0.4 is 15.4 Å². The molecular formula is C31H44N4O3. The highest BCUT2D eigenvalue weighted by atomic mass is 16.5. The topological polar surface area (TPSA) is 73.9 Å². The fourth-order valence-electron chi connectivity index (χ4n) is 5.66. The summed E-state index contributed by atoms with van der Waals surface area (Å²) in [7, 11) is 1.69. The number of hydrogen-bond donors (Lipinski definition) is 2. The zero-order valence-corrected chi connectivity index (χ0v) is 23.8. The normalized spacial score (nSPS) is 20.8. The van der Waals surface area contributed by atoms with Gasteiger partial charge in [0.05, 0.1) is 13.2 Å². The van der Waals surface area contributed by atoms with E-state index in [4.69, 9.17) is 4.74 Å². The van der Waals surface area contributed by atoms with Crippen LogP contribution in [0.5, 0.6) is 5.75 Å². The van der Waals surface area contributed by atoms with Gasteiger partial charge in [0.2, 0.25) is 11.8 Å². The second kappa shape index (κ2) is 11.5. The molecule has 206 valence electrons. The van der Waals surface area contributed by atoms with Crippen LogP contribution >= 0.6 is 0 Å². The van der Waals surface area contributed by atoms with Crippen molar-refractivity contribution in [2.45, 2.75) is 53.1 Å². The number of hydrogen-bond acceptors (Lipinski definition) is 5. The highest BCUT2D eigenvalue weighted by Gasteiger charge is 2.36. The summed E-state index contributed by atoms with van der Waals surface area (Å²) in [6, 6.07) is 16.6. The van der Waals surface area contributed by atoms with Crippen LogP contribution in [0, 0.1) is 10.8 Å². The van der Waals surface area contributed by atoms with Crippen molar-refractivity contribution in [2.75, 3.05) is 46.4 Å². The Morgan fingerprint density at radius 3 is 2.18 bits per heavy atom. The predicted octanol–water partition coefficient (Wildman–Crippen LogP) is 3.96. The Morgan fingerprint density at radius 2 is 1.50 bits per heavy atom. The van der Waals surface area contributed by atoms with Crippen LogP contribution in [0.15, 0.2) is 48.5 Å².